The number of carbonyl (C=O) groups excluding carboxylic acids is 1. The Kier molecular flexibility index (Phi) is 7.38. The van der Waals surface area contributed by atoms with Gasteiger partial charge in [-0.1, -0.05) is 12.1 Å². The van der Waals surface area contributed by atoms with Gasteiger partial charge in [0.15, 0.2) is 0 Å². The SMILES string of the molecule is CCOC(=O)C[C@@H](N)c1ccc(OC(F)(F)F)cc1.Cl. The Morgan fingerprint density at radius 3 is 2.30 bits per heavy atom. The number of benzene rings is 1. The van der Waals surface area contributed by atoms with Gasteiger partial charge in [-0.3, -0.25) is 4.79 Å². The zero-order valence-electron chi connectivity index (χ0n) is 10.6. The van der Waals surface area contributed by atoms with E-state index in [2.05, 4.69) is 4.74 Å². The van der Waals surface area contributed by atoms with Gasteiger partial charge in [0.25, 0.3) is 0 Å². The van der Waals surface area contributed by atoms with Crippen LogP contribution >= 0.6 is 12.4 Å². The van der Waals surface area contributed by atoms with Gasteiger partial charge in [-0.05, 0) is 24.6 Å². The summed E-state index contributed by atoms with van der Waals surface area (Å²) in [6, 6.07) is 4.43. The monoisotopic (exact) mass is 313 g/mol. The van der Waals surface area contributed by atoms with Crippen LogP contribution < -0.4 is 10.5 Å². The van der Waals surface area contributed by atoms with E-state index in [1.807, 2.05) is 0 Å². The van der Waals surface area contributed by atoms with Crippen LogP contribution in [0.25, 0.3) is 0 Å². The van der Waals surface area contributed by atoms with Crippen molar-refractivity contribution in [3.05, 3.63) is 29.8 Å². The normalized spacial score (nSPS) is 12.2. The number of nitrogens with two attached hydrogens (primary N) is 1. The highest BCUT2D eigenvalue weighted by Crippen LogP contribution is 2.24. The van der Waals surface area contributed by atoms with Gasteiger partial charge in [-0.2, -0.15) is 0 Å². The largest absolute Gasteiger partial charge is 0.573 e. The Bertz CT molecular complexity index is 423. The van der Waals surface area contributed by atoms with E-state index in [1.54, 1.807) is 6.92 Å². The number of hydrogen-bond acceptors (Lipinski definition) is 4. The van der Waals surface area contributed by atoms with E-state index >= 15 is 0 Å². The first-order valence-corrected chi connectivity index (χ1v) is 5.58. The summed E-state index contributed by atoms with van der Waals surface area (Å²) in [7, 11) is 0. The molecule has 2 N–H and O–H groups in total. The first-order chi connectivity index (χ1) is 8.81. The van der Waals surface area contributed by atoms with E-state index < -0.39 is 18.4 Å². The summed E-state index contributed by atoms with van der Waals surface area (Å²) in [6.45, 7) is 1.93. The van der Waals surface area contributed by atoms with Crippen molar-refractivity contribution < 1.29 is 27.4 Å². The third kappa shape index (κ3) is 6.63. The molecule has 0 aliphatic rings. The molecule has 8 heteroatoms. The van der Waals surface area contributed by atoms with E-state index in [0.717, 1.165) is 12.1 Å². The van der Waals surface area contributed by atoms with Crippen molar-refractivity contribution in [3.63, 3.8) is 0 Å². The maximum absolute atomic E-state index is 11.9. The third-order valence-electron chi connectivity index (χ3n) is 2.23. The van der Waals surface area contributed by atoms with Crippen LogP contribution in [0.4, 0.5) is 13.2 Å². The molecular formula is C12H15ClF3NO3. The van der Waals surface area contributed by atoms with Crippen molar-refractivity contribution in [2.24, 2.45) is 5.73 Å². The van der Waals surface area contributed by atoms with Crippen LogP contribution in [0.2, 0.25) is 0 Å². The molecule has 114 valence electrons. The molecule has 1 aromatic carbocycles. The smallest absolute Gasteiger partial charge is 0.466 e. The topological polar surface area (TPSA) is 61.5 Å². The molecule has 0 fully saturated rings. The third-order valence-corrected chi connectivity index (χ3v) is 2.23. The number of rotatable bonds is 5. The second-order valence-electron chi connectivity index (χ2n) is 3.73. The van der Waals surface area contributed by atoms with Gasteiger partial charge in [-0.25, -0.2) is 0 Å². The van der Waals surface area contributed by atoms with E-state index in [0.29, 0.717) is 5.56 Å². The molecule has 0 saturated heterocycles. The first kappa shape index (κ1) is 18.5. The van der Waals surface area contributed by atoms with Crippen LogP contribution in [0.5, 0.6) is 5.75 Å². The zero-order chi connectivity index (χ0) is 14.5. The summed E-state index contributed by atoms with van der Waals surface area (Å²) >= 11 is 0. The van der Waals surface area contributed by atoms with Gasteiger partial charge >= 0.3 is 12.3 Å². The number of ether oxygens (including phenoxy) is 2. The zero-order valence-corrected chi connectivity index (χ0v) is 11.5. The molecule has 1 aromatic rings. The minimum Gasteiger partial charge on any atom is -0.466 e. The van der Waals surface area contributed by atoms with E-state index in [-0.39, 0.29) is 31.2 Å². The first-order valence-electron chi connectivity index (χ1n) is 5.58. The lowest BCUT2D eigenvalue weighted by Crippen LogP contribution is -2.18. The number of alkyl halides is 3. The molecule has 0 aliphatic heterocycles. The number of halogens is 4. The second-order valence-corrected chi connectivity index (χ2v) is 3.73. The highest BCUT2D eigenvalue weighted by Gasteiger charge is 2.31. The Balaban J connectivity index is 0.00000361. The average Bonchev–Trinajstić information content (AvgIpc) is 2.27. The summed E-state index contributed by atoms with van der Waals surface area (Å²) in [5.41, 5.74) is 6.27. The van der Waals surface area contributed by atoms with Crippen molar-refractivity contribution in [1.29, 1.82) is 0 Å². The van der Waals surface area contributed by atoms with Gasteiger partial charge in [0.1, 0.15) is 5.75 Å². The highest BCUT2D eigenvalue weighted by molar-refractivity contribution is 5.85. The molecule has 0 radical (unpaired) electrons. The number of carbonyl (C=O) groups is 1. The Morgan fingerprint density at radius 2 is 1.85 bits per heavy atom. The summed E-state index contributed by atoms with van der Waals surface area (Å²) in [6.07, 6.45) is -4.76. The Morgan fingerprint density at radius 1 is 1.30 bits per heavy atom. The van der Waals surface area contributed by atoms with Gasteiger partial charge in [-0.15, -0.1) is 25.6 Å². The van der Waals surface area contributed by atoms with Crippen LogP contribution in [0, 0.1) is 0 Å². The fraction of sp³-hybridized carbons (Fsp3) is 0.417. The van der Waals surface area contributed by atoms with Crippen molar-refractivity contribution in [1.82, 2.24) is 0 Å². The highest BCUT2D eigenvalue weighted by atomic mass is 35.5. The molecule has 0 unspecified atom stereocenters. The van der Waals surface area contributed by atoms with Crippen LogP contribution in [-0.4, -0.2) is 18.9 Å². The molecule has 4 nitrogen and oxygen atoms in total. The molecule has 1 atom stereocenters. The molecule has 0 saturated carbocycles. The Labute approximate surface area is 120 Å². The quantitative estimate of drug-likeness (QED) is 0.849. The minimum atomic E-state index is -4.73. The molecule has 0 heterocycles. The van der Waals surface area contributed by atoms with E-state index in [1.165, 1.54) is 12.1 Å². The molecule has 0 aromatic heterocycles. The minimum absolute atomic E-state index is 0. The molecule has 1 rings (SSSR count). The van der Waals surface area contributed by atoms with Gasteiger partial charge in [0.05, 0.1) is 13.0 Å². The van der Waals surface area contributed by atoms with Crippen molar-refractivity contribution in [3.8, 4) is 5.75 Å². The summed E-state index contributed by atoms with van der Waals surface area (Å²) in [4.78, 5) is 11.2. The van der Waals surface area contributed by atoms with Crippen molar-refractivity contribution >= 4 is 18.4 Å². The van der Waals surface area contributed by atoms with Gasteiger partial charge in [0.2, 0.25) is 0 Å². The molecule has 0 bridgehead atoms. The van der Waals surface area contributed by atoms with E-state index in [9.17, 15) is 18.0 Å². The second kappa shape index (κ2) is 7.96. The maximum atomic E-state index is 11.9. The standard InChI is InChI=1S/C12H14F3NO3.ClH/c1-2-18-11(17)7-10(16)8-3-5-9(6-4-8)19-12(13,14)15;/h3-6,10H,2,7,16H2,1H3;1H/t10-;/m1./s1. The fourth-order valence-electron chi connectivity index (χ4n) is 1.43. The lowest BCUT2D eigenvalue weighted by Gasteiger charge is -2.13. The average molecular weight is 314 g/mol. The number of esters is 1. The molecule has 0 amide bonds. The van der Waals surface area contributed by atoms with Crippen LogP contribution in [0.3, 0.4) is 0 Å². The predicted molar refractivity (Wildman–Crippen MR) is 68.6 cm³/mol. The van der Waals surface area contributed by atoms with Crippen LogP contribution in [0.1, 0.15) is 24.9 Å². The fourth-order valence-corrected chi connectivity index (χ4v) is 1.43. The summed E-state index contributed by atoms with van der Waals surface area (Å²) in [5, 5.41) is 0. The van der Waals surface area contributed by atoms with Crippen LogP contribution in [-0.2, 0) is 9.53 Å². The van der Waals surface area contributed by atoms with Gasteiger partial charge in [0, 0.05) is 6.04 Å². The lowest BCUT2D eigenvalue weighted by atomic mass is 10.0. The Hall–Kier alpha value is -1.47. The van der Waals surface area contributed by atoms with Crippen LogP contribution in [0.15, 0.2) is 24.3 Å². The van der Waals surface area contributed by atoms with Crippen molar-refractivity contribution in [2.75, 3.05) is 6.61 Å². The molecule has 0 aliphatic carbocycles. The van der Waals surface area contributed by atoms with Crippen molar-refractivity contribution in [2.45, 2.75) is 25.7 Å². The predicted octanol–water partition coefficient (Wildman–Crippen LogP) is 2.96. The van der Waals surface area contributed by atoms with E-state index in [4.69, 9.17) is 10.5 Å². The number of hydrogen-bond donors (Lipinski definition) is 1. The molecular weight excluding hydrogens is 299 g/mol. The van der Waals surface area contributed by atoms with Gasteiger partial charge < -0.3 is 15.2 Å². The summed E-state index contributed by atoms with van der Waals surface area (Å²) in [5.74, 6) is -0.787. The lowest BCUT2D eigenvalue weighted by molar-refractivity contribution is -0.274. The molecule has 20 heavy (non-hydrogen) atoms. The summed E-state index contributed by atoms with van der Waals surface area (Å²) < 4.78 is 44.3. The molecule has 0 spiro atoms. The maximum Gasteiger partial charge on any atom is 0.573 e.